The van der Waals surface area contributed by atoms with E-state index in [1.54, 1.807) is 0 Å². The SMILES string of the molecule is O=C(O)C(=O)N1CC[C@H](C(=O)Nc2cc(F)c(F)c(Cl)c2)C1.S. The molecule has 1 atom stereocenters. The van der Waals surface area contributed by atoms with Crippen molar-refractivity contribution in [2.24, 2.45) is 5.92 Å². The van der Waals surface area contributed by atoms with Crippen LogP contribution in [-0.2, 0) is 14.4 Å². The molecular weight excluding hydrogens is 354 g/mol. The number of hydrogen-bond donors (Lipinski definition) is 2. The molecule has 0 saturated carbocycles. The fourth-order valence-electron chi connectivity index (χ4n) is 2.17. The zero-order valence-electron chi connectivity index (χ0n) is 11.6. The van der Waals surface area contributed by atoms with E-state index < -0.39 is 40.4 Å². The zero-order valence-corrected chi connectivity index (χ0v) is 13.4. The van der Waals surface area contributed by atoms with Crippen LogP contribution < -0.4 is 5.32 Å². The van der Waals surface area contributed by atoms with Crippen LogP contribution >= 0.6 is 25.1 Å². The maximum Gasteiger partial charge on any atom is 0.394 e. The molecule has 2 N–H and O–H groups in total. The summed E-state index contributed by atoms with van der Waals surface area (Å²) in [5.74, 6) is -6.23. The number of anilines is 1. The molecule has 1 aromatic carbocycles. The quantitative estimate of drug-likeness (QED) is 0.615. The number of nitrogens with one attached hydrogen (secondary N) is 1. The van der Waals surface area contributed by atoms with E-state index in [1.807, 2.05) is 0 Å². The number of amides is 2. The van der Waals surface area contributed by atoms with Gasteiger partial charge in [-0.25, -0.2) is 13.6 Å². The van der Waals surface area contributed by atoms with Crippen LogP contribution in [0.1, 0.15) is 6.42 Å². The van der Waals surface area contributed by atoms with E-state index in [0.717, 1.165) is 17.0 Å². The van der Waals surface area contributed by atoms with E-state index in [9.17, 15) is 23.2 Å². The first kappa shape index (κ1) is 19.2. The monoisotopic (exact) mass is 366 g/mol. The number of nitrogens with zero attached hydrogens (tertiary/aromatic N) is 1. The molecule has 126 valence electrons. The minimum Gasteiger partial charge on any atom is -0.474 e. The summed E-state index contributed by atoms with van der Waals surface area (Å²) in [5, 5.41) is 10.5. The van der Waals surface area contributed by atoms with Crippen molar-refractivity contribution in [3.63, 3.8) is 0 Å². The second-order valence-corrected chi connectivity index (χ2v) is 5.19. The Morgan fingerprint density at radius 3 is 2.52 bits per heavy atom. The lowest BCUT2D eigenvalue weighted by Gasteiger charge is -2.14. The number of likely N-dealkylation sites (tertiary alicyclic amines) is 1. The van der Waals surface area contributed by atoms with Crippen LogP contribution in [0.4, 0.5) is 14.5 Å². The lowest BCUT2D eigenvalue weighted by molar-refractivity contribution is -0.155. The first-order valence-electron chi connectivity index (χ1n) is 6.27. The lowest BCUT2D eigenvalue weighted by atomic mass is 10.1. The number of carboxylic acid groups (broad SMARTS) is 1. The van der Waals surface area contributed by atoms with Gasteiger partial charge < -0.3 is 15.3 Å². The van der Waals surface area contributed by atoms with Crippen LogP contribution in [0.2, 0.25) is 5.02 Å². The molecular formula is C13H13ClF2N2O4S. The van der Waals surface area contributed by atoms with Crippen LogP contribution in [0.5, 0.6) is 0 Å². The Bertz CT molecular complexity index is 636. The van der Waals surface area contributed by atoms with Crippen molar-refractivity contribution >= 4 is 48.6 Å². The summed E-state index contributed by atoms with van der Waals surface area (Å²) >= 11 is 5.48. The fraction of sp³-hybridized carbons (Fsp3) is 0.308. The van der Waals surface area contributed by atoms with E-state index in [-0.39, 0.29) is 38.7 Å². The summed E-state index contributed by atoms with van der Waals surface area (Å²) in [4.78, 5) is 34.9. The van der Waals surface area contributed by atoms with Crippen molar-refractivity contribution in [2.45, 2.75) is 6.42 Å². The van der Waals surface area contributed by atoms with Gasteiger partial charge in [-0.2, -0.15) is 13.5 Å². The van der Waals surface area contributed by atoms with E-state index >= 15 is 0 Å². The molecule has 1 aliphatic heterocycles. The fourth-order valence-corrected chi connectivity index (χ4v) is 2.37. The molecule has 10 heteroatoms. The van der Waals surface area contributed by atoms with Gasteiger partial charge >= 0.3 is 11.9 Å². The predicted octanol–water partition coefficient (Wildman–Crippen LogP) is 1.60. The smallest absolute Gasteiger partial charge is 0.394 e. The number of aliphatic carboxylic acids is 1. The van der Waals surface area contributed by atoms with Crippen LogP contribution in [0.15, 0.2) is 12.1 Å². The maximum absolute atomic E-state index is 13.2. The van der Waals surface area contributed by atoms with Gasteiger partial charge in [0.1, 0.15) is 0 Å². The number of hydrogen-bond acceptors (Lipinski definition) is 3. The van der Waals surface area contributed by atoms with Crippen LogP contribution in [0.25, 0.3) is 0 Å². The molecule has 1 heterocycles. The van der Waals surface area contributed by atoms with Crippen molar-refractivity contribution in [1.29, 1.82) is 0 Å². The molecule has 0 unspecified atom stereocenters. The van der Waals surface area contributed by atoms with Crippen molar-refractivity contribution < 1.29 is 28.3 Å². The van der Waals surface area contributed by atoms with Crippen molar-refractivity contribution in [3.05, 3.63) is 28.8 Å². The van der Waals surface area contributed by atoms with Gasteiger partial charge in [-0.15, -0.1) is 0 Å². The first-order valence-corrected chi connectivity index (χ1v) is 6.65. The summed E-state index contributed by atoms with van der Waals surface area (Å²) in [5.41, 5.74) is -0.0167. The Hall–Kier alpha value is -1.87. The molecule has 0 radical (unpaired) electrons. The summed E-state index contributed by atoms with van der Waals surface area (Å²) in [6.45, 7) is 0.0934. The van der Waals surface area contributed by atoms with Gasteiger partial charge in [0.25, 0.3) is 0 Å². The van der Waals surface area contributed by atoms with Crippen LogP contribution in [-0.4, -0.2) is 40.9 Å². The summed E-state index contributed by atoms with van der Waals surface area (Å²) < 4.78 is 26.2. The number of carbonyl (C=O) groups is 3. The molecule has 23 heavy (non-hydrogen) atoms. The van der Waals surface area contributed by atoms with E-state index in [1.165, 1.54) is 0 Å². The molecule has 1 aromatic rings. The van der Waals surface area contributed by atoms with Gasteiger partial charge in [0, 0.05) is 24.8 Å². The maximum atomic E-state index is 13.2. The van der Waals surface area contributed by atoms with Crippen molar-refractivity contribution in [3.8, 4) is 0 Å². The normalized spacial score (nSPS) is 16.7. The van der Waals surface area contributed by atoms with Crippen LogP contribution in [0, 0.1) is 17.6 Å². The molecule has 2 amide bonds. The van der Waals surface area contributed by atoms with E-state index in [0.29, 0.717) is 0 Å². The highest BCUT2D eigenvalue weighted by atomic mass is 35.5. The average molecular weight is 367 g/mol. The molecule has 1 saturated heterocycles. The molecule has 1 fully saturated rings. The summed E-state index contributed by atoms with van der Waals surface area (Å²) in [6.07, 6.45) is 0.280. The lowest BCUT2D eigenvalue weighted by Crippen LogP contribution is -2.36. The van der Waals surface area contributed by atoms with Crippen molar-refractivity contribution in [1.82, 2.24) is 4.90 Å². The van der Waals surface area contributed by atoms with Crippen molar-refractivity contribution in [2.75, 3.05) is 18.4 Å². The Morgan fingerprint density at radius 2 is 1.96 bits per heavy atom. The van der Waals surface area contributed by atoms with Gasteiger partial charge in [0.15, 0.2) is 11.6 Å². The standard InChI is InChI=1S/C13H11ClF2N2O4.H2S/c14-8-3-7(4-9(15)10(8)16)17-11(19)6-1-2-18(5-6)12(20)13(21)22;/h3-4,6H,1-2,5H2,(H,17,19)(H,21,22);1H2/t6-;/m0./s1. The third-order valence-corrected chi connectivity index (χ3v) is 3.56. The molecule has 0 bridgehead atoms. The highest BCUT2D eigenvalue weighted by Crippen LogP contribution is 2.24. The molecule has 6 nitrogen and oxygen atoms in total. The zero-order chi connectivity index (χ0) is 16.4. The van der Waals surface area contributed by atoms with E-state index in [4.69, 9.17) is 16.7 Å². The summed E-state index contributed by atoms with van der Waals surface area (Å²) in [6, 6.07) is 1.85. The predicted molar refractivity (Wildman–Crippen MR) is 82.7 cm³/mol. The number of rotatable bonds is 2. The minimum absolute atomic E-state index is 0. The number of carbonyl (C=O) groups excluding carboxylic acids is 2. The highest BCUT2D eigenvalue weighted by molar-refractivity contribution is 7.59. The number of benzene rings is 1. The minimum atomic E-state index is -1.59. The van der Waals surface area contributed by atoms with Gasteiger partial charge in [-0.05, 0) is 12.5 Å². The van der Waals surface area contributed by atoms with E-state index in [2.05, 4.69) is 5.32 Å². The Balaban J connectivity index is 0.00000264. The average Bonchev–Trinajstić information content (AvgIpc) is 2.93. The second kappa shape index (κ2) is 7.60. The Kier molecular flexibility index (Phi) is 6.34. The van der Waals surface area contributed by atoms with Gasteiger partial charge in [-0.3, -0.25) is 9.59 Å². The Morgan fingerprint density at radius 1 is 1.30 bits per heavy atom. The molecule has 0 spiro atoms. The topological polar surface area (TPSA) is 86.7 Å². The van der Waals surface area contributed by atoms with Gasteiger partial charge in [0.2, 0.25) is 5.91 Å². The molecule has 1 aliphatic rings. The molecule has 0 aliphatic carbocycles. The molecule has 0 aromatic heterocycles. The highest BCUT2D eigenvalue weighted by Gasteiger charge is 2.33. The van der Waals surface area contributed by atoms with Crippen LogP contribution in [0.3, 0.4) is 0 Å². The van der Waals surface area contributed by atoms with Gasteiger partial charge in [0.05, 0.1) is 10.9 Å². The second-order valence-electron chi connectivity index (χ2n) is 4.79. The van der Waals surface area contributed by atoms with Gasteiger partial charge in [-0.1, -0.05) is 11.6 Å². The summed E-state index contributed by atoms with van der Waals surface area (Å²) in [7, 11) is 0. The Labute approximate surface area is 141 Å². The first-order chi connectivity index (χ1) is 10.3. The molecule has 2 rings (SSSR count). The largest absolute Gasteiger partial charge is 0.474 e. The number of halogens is 3. The third-order valence-electron chi connectivity index (χ3n) is 3.28. The third kappa shape index (κ3) is 4.32. The number of carboxylic acids is 1.